The Hall–Kier alpha value is -3.25. The van der Waals surface area contributed by atoms with E-state index in [-0.39, 0.29) is 24.1 Å². The Labute approximate surface area is 140 Å². The molecule has 2 N–H and O–H groups in total. The lowest BCUT2D eigenvalue weighted by molar-refractivity contribution is -0.386. The molecule has 3 rings (SSSR count). The van der Waals surface area contributed by atoms with Gasteiger partial charge in [-0.1, -0.05) is 5.16 Å². The van der Waals surface area contributed by atoms with Crippen LogP contribution in [0.4, 0.5) is 5.69 Å². The molecule has 25 heavy (non-hydrogen) atoms. The van der Waals surface area contributed by atoms with Gasteiger partial charge in [0.25, 0.3) is 5.89 Å². The second-order valence-corrected chi connectivity index (χ2v) is 6.27. The highest BCUT2D eigenvalue weighted by atomic mass is 32.2. The first kappa shape index (κ1) is 16.6. The molecule has 0 unspecified atom stereocenters. The SMILES string of the molecule is NS(=O)(=O)c1ccc(OCc2nc(-c3ccco3)no2)c([N+](=O)[O-])c1. The fourth-order valence-corrected chi connectivity index (χ4v) is 2.43. The number of sulfonamides is 1. The number of ether oxygens (including phenoxy) is 1. The molecule has 0 amide bonds. The van der Waals surface area contributed by atoms with Gasteiger partial charge in [-0.2, -0.15) is 4.98 Å². The van der Waals surface area contributed by atoms with E-state index in [4.69, 9.17) is 18.8 Å². The minimum atomic E-state index is -4.08. The van der Waals surface area contributed by atoms with Crippen molar-refractivity contribution in [1.82, 2.24) is 10.1 Å². The fourth-order valence-electron chi connectivity index (χ4n) is 1.90. The number of rotatable bonds is 6. The highest BCUT2D eigenvalue weighted by molar-refractivity contribution is 7.89. The Morgan fingerprint density at radius 3 is 2.76 bits per heavy atom. The molecule has 3 aromatic rings. The quantitative estimate of drug-likeness (QED) is 0.502. The molecule has 0 spiro atoms. The van der Waals surface area contributed by atoms with Gasteiger partial charge in [0.2, 0.25) is 15.8 Å². The lowest BCUT2D eigenvalue weighted by atomic mass is 10.3. The summed E-state index contributed by atoms with van der Waals surface area (Å²) in [5.41, 5.74) is -0.558. The van der Waals surface area contributed by atoms with E-state index in [1.54, 1.807) is 12.1 Å². The van der Waals surface area contributed by atoms with Gasteiger partial charge in [0, 0.05) is 6.07 Å². The van der Waals surface area contributed by atoms with Crippen LogP contribution in [0.3, 0.4) is 0 Å². The van der Waals surface area contributed by atoms with E-state index in [1.165, 1.54) is 6.26 Å². The second-order valence-electron chi connectivity index (χ2n) is 4.71. The topological polar surface area (TPSA) is 165 Å². The number of aromatic nitrogens is 2. The molecule has 0 saturated carbocycles. The van der Waals surface area contributed by atoms with E-state index in [2.05, 4.69) is 10.1 Å². The van der Waals surface area contributed by atoms with Crippen molar-refractivity contribution < 1.29 is 27.0 Å². The number of nitro benzene ring substituents is 1. The number of nitro groups is 1. The molecule has 0 aliphatic heterocycles. The summed E-state index contributed by atoms with van der Waals surface area (Å²) in [4.78, 5) is 13.9. The molecule has 0 saturated heterocycles. The number of hydrogen-bond acceptors (Lipinski definition) is 9. The van der Waals surface area contributed by atoms with Crippen molar-refractivity contribution in [1.29, 1.82) is 0 Å². The number of furan rings is 1. The first-order valence-corrected chi connectivity index (χ1v) is 8.20. The Kier molecular flexibility index (Phi) is 4.21. The van der Waals surface area contributed by atoms with Gasteiger partial charge < -0.3 is 13.7 Å². The van der Waals surface area contributed by atoms with Crippen LogP contribution in [0.25, 0.3) is 11.6 Å². The standard InChI is InChI=1S/C13H10N4O7S/c14-25(20,21)8-3-4-10(9(6-8)17(18)19)23-7-12-15-13(16-24-12)11-2-1-5-22-11/h1-6H,7H2,(H2,14,20,21). The molecule has 130 valence electrons. The van der Waals surface area contributed by atoms with E-state index >= 15 is 0 Å². The van der Waals surface area contributed by atoms with Gasteiger partial charge in [-0.15, -0.1) is 0 Å². The highest BCUT2D eigenvalue weighted by Gasteiger charge is 2.21. The average Bonchev–Trinajstić information content (AvgIpc) is 3.22. The minimum absolute atomic E-state index is 0.0521. The van der Waals surface area contributed by atoms with Crippen LogP contribution >= 0.6 is 0 Å². The molecule has 0 atom stereocenters. The van der Waals surface area contributed by atoms with Gasteiger partial charge in [-0.05, 0) is 24.3 Å². The van der Waals surface area contributed by atoms with Crippen molar-refractivity contribution in [3.63, 3.8) is 0 Å². The van der Waals surface area contributed by atoms with E-state index in [9.17, 15) is 18.5 Å². The van der Waals surface area contributed by atoms with Gasteiger partial charge >= 0.3 is 5.69 Å². The molecule has 0 fully saturated rings. The molecule has 12 heteroatoms. The number of benzene rings is 1. The number of nitrogens with zero attached hydrogens (tertiary/aromatic N) is 3. The third kappa shape index (κ3) is 3.64. The molecule has 2 aromatic heterocycles. The van der Waals surface area contributed by atoms with E-state index in [0.717, 1.165) is 18.2 Å². The average molecular weight is 366 g/mol. The summed E-state index contributed by atoms with van der Waals surface area (Å²) < 4.78 is 37.9. The molecule has 2 heterocycles. The van der Waals surface area contributed by atoms with Crippen LogP contribution in [0.15, 0.2) is 50.4 Å². The summed E-state index contributed by atoms with van der Waals surface area (Å²) in [6, 6.07) is 6.32. The number of primary sulfonamides is 1. The van der Waals surface area contributed by atoms with Crippen molar-refractivity contribution in [2.24, 2.45) is 5.14 Å². The minimum Gasteiger partial charge on any atom is -0.477 e. The lowest BCUT2D eigenvalue weighted by Gasteiger charge is -2.05. The molecular formula is C13H10N4O7S. The Bertz CT molecular complexity index is 1010. The van der Waals surface area contributed by atoms with Crippen LogP contribution in [0.2, 0.25) is 0 Å². The van der Waals surface area contributed by atoms with Crippen LogP contribution in [0.1, 0.15) is 5.89 Å². The fraction of sp³-hybridized carbons (Fsp3) is 0.0769. The molecule has 0 aliphatic rings. The molecule has 1 aromatic carbocycles. The Morgan fingerprint density at radius 2 is 2.12 bits per heavy atom. The molecule has 0 radical (unpaired) electrons. The van der Waals surface area contributed by atoms with Crippen molar-refractivity contribution in [2.75, 3.05) is 0 Å². The maximum atomic E-state index is 11.3. The zero-order valence-corrected chi connectivity index (χ0v) is 13.2. The summed E-state index contributed by atoms with van der Waals surface area (Å²) in [5, 5.41) is 19.7. The van der Waals surface area contributed by atoms with Crippen molar-refractivity contribution in [3.8, 4) is 17.3 Å². The van der Waals surface area contributed by atoms with Gasteiger partial charge in [-0.3, -0.25) is 10.1 Å². The summed E-state index contributed by atoms with van der Waals surface area (Å²) in [6.07, 6.45) is 1.44. The van der Waals surface area contributed by atoms with Gasteiger partial charge in [0.05, 0.1) is 16.1 Å². The molecule has 11 nitrogen and oxygen atoms in total. The van der Waals surface area contributed by atoms with Crippen LogP contribution in [-0.2, 0) is 16.6 Å². The summed E-state index contributed by atoms with van der Waals surface area (Å²) >= 11 is 0. The van der Waals surface area contributed by atoms with E-state index in [1.807, 2.05) is 0 Å². The zero-order chi connectivity index (χ0) is 18.0. The second kappa shape index (κ2) is 6.33. The lowest BCUT2D eigenvalue weighted by Crippen LogP contribution is -2.12. The third-order valence-corrected chi connectivity index (χ3v) is 3.93. The maximum absolute atomic E-state index is 11.3. The van der Waals surface area contributed by atoms with E-state index in [0.29, 0.717) is 5.76 Å². The Morgan fingerprint density at radius 1 is 1.32 bits per heavy atom. The van der Waals surface area contributed by atoms with E-state index < -0.39 is 25.5 Å². The maximum Gasteiger partial charge on any atom is 0.312 e. The van der Waals surface area contributed by atoms with Crippen molar-refractivity contribution in [3.05, 3.63) is 52.6 Å². The third-order valence-electron chi connectivity index (χ3n) is 3.02. The van der Waals surface area contributed by atoms with Gasteiger partial charge in [-0.25, -0.2) is 13.6 Å². The molecular weight excluding hydrogens is 356 g/mol. The largest absolute Gasteiger partial charge is 0.477 e. The predicted octanol–water partition coefficient (Wildman–Crippen LogP) is 1.46. The zero-order valence-electron chi connectivity index (χ0n) is 12.4. The van der Waals surface area contributed by atoms with Gasteiger partial charge in [0.1, 0.15) is 0 Å². The normalized spacial score (nSPS) is 11.4. The van der Waals surface area contributed by atoms with Crippen molar-refractivity contribution in [2.45, 2.75) is 11.5 Å². The first-order chi connectivity index (χ1) is 11.8. The number of nitrogens with two attached hydrogens (primary N) is 1. The van der Waals surface area contributed by atoms with Crippen LogP contribution in [0, 0.1) is 10.1 Å². The van der Waals surface area contributed by atoms with Crippen molar-refractivity contribution >= 4 is 15.7 Å². The molecule has 0 aliphatic carbocycles. The Balaban J connectivity index is 1.80. The highest BCUT2D eigenvalue weighted by Crippen LogP contribution is 2.30. The summed E-state index contributed by atoms with van der Waals surface area (Å²) in [7, 11) is -4.08. The smallest absolute Gasteiger partial charge is 0.312 e. The molecule has 0 bridgehead atoms. The predicted molar refractivity (Wildman–Crippen MR) is 80.8 cm³/mol. The van der Waals surface area contributed by atoms with Crippen LogP contribution in [0.5, 0.6) is 5.75 Å². The van der Waals surface area contributed by atoms with Crippen LogP contribution in [-0.4, -0.2) is 23.5 Å². The van der Waals surface area contributed by atoms with Gasteiger partial charge in [0.15, 0.2) is 18.1 Å². The first-order valence-electron chi connectivity index (χ1n) is 6.65. The summed E-state index contributed by atoms with van der Waals surface area (Å²) in [6.45, 7) is -0.261. The van der Waals surface area contributed by atoms with Crippen LogP contribution < -0.4 is 9.88 Å². The monoisotopic (exact) mass is 366 g/mol. The summed E-state index contributed by atoms with van der Waals surface area (Å²) in [5.74, 6) is 0.465. The number of hydrogen-bond donors (Lipinski definition) is 1.